The molecule has 1 aromatic carbocycles. The van der Waals surface area contributed by atoms with E-state index < -0.39 is 0 Å². The molecular weight excluding hydrogens is 220 g/mol. The van der Waals surface area contributed by atoms with Gasteiger partial charge in [0.1, 0.15) is 0 Å². The summed E-state index contributed by atoms with van der Waals surface area (Å²) in [6, 6.07) is 16.8. The van der Waals surface area contributed by atoms with Gasteiger partial charge in [-0.3, -0.25) is 4.98 Å². The molecule has 0 atom stereocenters. The van der Waals surface area contributed by atoms with E-state index in [0.29, 0.717) is 5.92 Å². The number of pyridine rings is 1. The van der Waals surface area contributed by atoms with Crippen molar-refractivity contribution in [3.8, 4) is 11.3 Å². The maximum atomic E-state index is 4.84. The van der Waals surface area contributed by atoms with Crippen LogP contribution < -0.4 is 5.32 Å². The van der Waals surface area contributed by atoms with E-state index in [9.17, 15) is 0 Å². The minimum absolute atomic E-state index is 0.620. The number of piperidine rings is 1. The Kier molecular flexibility index (Phi) is 3.37. The fourth-order valence-corrected chi connectivity index (χ4v) is 2.57. The van der Waals surface area contributed by atoms with E-state index in [1.54, 1.807) is 0 Å². The van der Waals surface area contributed by atoms with Crippen molar-refractivity contribution in [3.05, 3.63) is 54.2 Å². The zero-order chi connectivity index (χ0) is 12.2. The van der Waals surface area contributed by atoms with Gasteiger partial charge in [0.15, 0.2) is 0 Å². The monoisotopic (exact) mass is 238 g/mol. The highest BCUT2D eigenvalue weighted by molar-refractivity contribution is 5.58. The van der Waals surface area contributed by atoms with Crippen LogP contribution in [0.25, 0.3) is 11.3 Å². The van der Waals surface area contributed by atoms with Crippen LogP contribution in [0.1, 0.15) is 24.5 Å². The number of hydrogen-bond acceptors (Lipinski definition) is 2. The molecule has 1 aliphatic heterocycles. The molecule has 1 fully saturated rings. The molecule has 1 aromatic heterocycles. The second-order valence-corrected chi connectivity index (χ2v) is 4.84. The second kappa shape index (κ2) is 5.32. The summed E-state index contributed by atoms with van der Waals surface area (Å²) >= 11 is 0. The lowest BCUT2D eigenvalue weighted by Gasteiger charge is -2.22. The van der Waals surface area contributed by atoms with Crippen LogP contribution >= 0.6 is 0 Å². The highest BCUT2D eigenvalue weighted by Gasteiger charge is 2.16. The van der Waals surface area contributed by atoms with Crippen molar-refractivity contribution in [1.82, 2.24) is 10.3 Å². The first-order chi connectivity index (χ1) is 8.93. The Morgan fingerprint density at radius 1 is 0.889 bits per heavy atom. The molecule has 1 N–H and O–H groups in total. The Balaban J connectivity index is 1.89. The van der Waals surface area contributed by atoms with Crippen LogP contribution in [0.3, 0.4) is 0 Å². The van der Waals surface area contributed by atoms with E-state index in [-0.39, 0.29) is 0 Å². The molecule has 0 bridgehead atoms. The van der Waals surface area contributed by atoms with Crippen molar-refractivity contribution in [2.24, 2.45) is 0 Å². The van der Waals surface area contributed by atoms with Gasteiger partial charge in [-0.2, -0.15) is 0 Å². The summed E-state index contributed by atoms with van der Waals surface area (Å²) in [5.74, 6) is 0.620. The average molecular weight is 238 g/mol. The molecule has 18 heavy (non-hydrogen) atoms. The van der Waals surface area contributed by atoms with Crippen LogP contribution in [0.5, 0.6) is 0 Å². The molecule has 2 aromatic rings. The van der Waals surface area contributed by atoms with Crippen molar-refractivity contribution in [2.75, 3.05) is 13.1 Å². The molecule has 0 aliphatic carbocycles. The largest absolute Gasteiger partial charge is 0.317 e. The van der Waals surface area contributed by atoms with Gasteiger partial charge in [-0.1, -0.05) is 36.4 Å². The van der Waals surface area contributed by atoms with Gasteiger partial charge in [-0.05, 0) is 38.1 Å². The standard InChI is InChI=1S/C16H18N2/c1-2-5-13(6-3-1)15-7-4-8-16(18-15)14-9-11-17-12-10-14/h1-8,14,17H,9-12H2. The number of benzene rings is 1. The molecule has 2 nitrogen and oxygen atoms in total. The van der Waals surface area contributed by atoms with E-state index in [2.05, 4.69) is 47.8 Å². The maximum Gasteiger partial charge on any atom is 0.0705 e. The molecule has 2 heterocycles. The van der Waals surface area contributed by atoms with Gasteiger partial charge in [0.2, 0.25) is 0 Å². The smallest absolute Gasteiger partial charge is 0.0705 e. The van der Waals surface area contributed by atoms with Gasteiger partial charge in [0.25, 0.3) is 0 Å². The average Bonchev–Trinajstić information content (AvgIpc) is 2.49. The number of nitrogens with zero attached hydrogens (tertiary/aromatic N) is 1. The van der Waals surface area contributed by atoms with Gasteiger partial charge in [-0.25, -0.2) is 0 Å². The summed E-state index contributed by atoms with van der Waals surface area (Å²) < 4.78 is 0. The highest BCUT2D eigenvalue weighted by atomic mass is 14.9. The topological polar surface area (TPSA) is 24.9 Å². The van der Waals surface area contributed by atoms with Gasteiger partial charge in [-0.15, -0.1) is 0 Å². The van der Waals surface area contributed by atoms with Crippen LogP contribution in [0.4, 0.5) is 0 Å². The fraction of sp³-hybridized carbons (Fsp3) is 0.312. The van der Waals surface area contributed by atoms with Gasteiger partial charge >= 0.3 is 0 Å². The third kappa shape index (κ3) is 2.44. The minimum atomic E-state index is 0.620. The van der Waals surface area contributed by atoms with Gasteiger partial charge < -0.3 is 5.32 Å². The summed E-state index contributed by atoms with van der Waals surface area (Å²) in [5.41, 5.74) is 3.54. The fourth-order valence-electron chi connectivity index (χ4n) is 2.57. The number of aromatic nitrogens is 1. The summed E-state index contributed by atoms with van der Waals surface area (Å²) in [7, 11) is 0. The zero-order valence-corrected chi connectivity index (χ0v) is 10.5. The molecule has 0 unspecified atom stereocenters. The summed E-state index contributed by atoms with van der Waals surface area (Å²) in [6.07, 6.45) is 2.40. The Morgan fingerprint density at radius 2 is 1.67 bits per heavy atom. The predicted octanol–water partition coefficient (Wildman–Crippen LogP) is 3.22. The quantitative estimate of drug-likeness (QED) is 0.869. The number of hydrogen-bond donors (Lipinski definition) is 1. The normalized spacial score (nSPS) is 16.7. The Labute approximate surface area is 108 Å². The van der Waals surface area contributed by atoms with E-state index in [1.165, 1.54) is 24.1 Å². The first kappa shape index (κ1) is 11.4. The van der Waals surface area contributed by atoms with Crippen molar-refractivity contribution in [2.45, 2.75) is 18.8 Å². The molecule has 92 valence electrons. The lowest BCUT2D eigenvalue weighted by molar-refractivity contribution is 0.453. The molecule has 0 saturated carbocycles. The van der Waals surface area contributed by atoms with Crippen molar-refractivity contribution < 1.29 is 0 Å². The highest BCUT2D eigenvalue weighted by Crippen LogP contribution is 2.25. The van der Waals surface area contributed by atoms with E-state index in [4.69, 9.17) is 4.98 Å². The Bertz CT molecular complexity index is 502. The van der Waals surface area contributed by atoms with Crippen LogP contribution in [0.2, 0.25) is 0 Å². The molecule has 0 spiro atoms. The first-order valence-corrected chi connectivity index (χ1v) is 6.66. The van der Waals surface area contributed by atoms with Crippen molar-refractivity contribution in [1.29, 1.82) is 0 Å². The molecule has 0 radical (unpaired) electrons. The van der Waals surface area contributed by atoms with E-state index in [1.807, 2.05) is 6.07 Å². The number of rotatable bonds is 2. The Morgan fingerprint density at radius 3 is 2.44 bits per heavy atom. The first-order valence-electron chi connectivity index (χ1n) is 6.66. The van der Waals surface area contributed by atoms with Gasteiger partial charge in [0, 0.05) is 17.2 Å². The van der Waals surface area contributed by atoms with E-state index in [0.717, 1.165) is 18.8 Å². The Hall–Kier alpha value is -1.67. The van der Waals surface area contributed by atoms with E-state index >= 15 is 0 Å². The molecule has 1 saturated heterocycles. The second-order valence-electron chi connectivity index (χ2n) is 4.84. The molecular formula is C16H18N2. The third-order valence-corrected chi connectivity index (χ3v) is 3.60. The molecule has 1 aliphatic rings. The van der Waals surface area contributed by atoms with Crippen LogP contribution in [0, 0.1) is 0 Å². The zero-order valence-electron chi connectivity index (χ0n) is 10.5. The summed E-state index contributed by atoms with van der Waals surface area (Å²) in [4.78, 5) is 4.84. The van der Waals surface area contributed by atoms with Crippen molar-refractivity contribution >= 4 is 0 Å². The summed E-state index contributed by atoms with van der Waals surface area (Å²) in [5, 5.41) is 3.40. The molecule has 3 rings (SSSR count). The van der Waals surface area contributed by atoms with Crippen LogP contribution in [-0.4, -0.2) is 18.1 Å². The SMILES string of the molecule is c1ccc(-c2cccc(C3CCNCC3)n2)cc1. The minimum Gasteiger partial charge on any atom is -0.317 e. The van der Waals surface area contributed by atoms with Gasteiger partial charge in [0.05, 0.1) is 5.69 Å². The summed E-state index contributed by atoms with van der Waals surface area (Å²) in [6.45, 7) is 2.23. The van der Waals surface area contributed by atoms with Crippen molar-refractivity contribution in [3.63, 3.8) is 0 Å². The maximum absolute atomic E-state index is 4.84. The molecule has 2 heteroatoms. The lowest BCUT2D eigenvalue weighted by Crippen LogP contribution is -2.27. The third-order valence-electron chi connectivity index (χ3n) is 3.60. The van der Waals surface area contributed by atoms with Crippen LogP contribution in [-0.2, 0) is 0 Å². The predicted molar refractivity (Wildman–Crippen MR) is 74.5 cm³/mol. The lowest BCUT2D eigenvalue weighted by atomic mass is 9.94. The number of nitrogens with one attached hydrogen (secondary N) is 1. The molecule has 0 amide bonds. The van der Waals surface area contributed by atoms with Crippen LogP contribution in [0.15, 0.2) is 48.5 Å².